The van der Waals surface area contributed by atoms with Gasteiger partial charge in [0.25, 0.3) is 15.9 Å². The first-order valence-electron chi connectivity index (χ1n) is 9.03. The first-order chi connectivity index (χ1) is 14.4. The Morgan fingerprint density at radius 3 is 2.47 bits per heavy atom. The highest BCUT2D eigenvalue weighted by atomic mass is 32.2. The van der Waals surface area contributed by atoms with E-state index in [0.29, 0.717) is 5.82 Å². The van der Waals surface area contributed by atoms with Crippen LogP contribution in [0.4, 0.5) is 11.5 Å². The largest absolute Gasteiger partial charge is 0.306 e. The number of thiophene rings is 1. The van der Waals surface area contributed by atoms with Crippen LogP contribution in [0.2, 0.25) is 0 Å². The number of sulfonamides is 1. The summed E-state index contributed by atoms with van der Waals surface area (Å²) in [7, 11) is -3.77. The van der Waals surface area contributed by atoms with Gasteiger partial charge in [-0.2, -0.15) is 5.10 Å². The van der Waals surface area contributed by atoms with Crippen LogP contribution in [0, 0.1) is 6.92 Å². The Morgan fingerprint density at radius 1 is 1.00 bits per heavy atom. The molecule has 0 aliphatic heterocycles. The molecule has 7 nitrogen and oxygen atoms in total. The molecule has 0 atom stereocenters. The Hall–Kier alpha value is -3.43. The second kappa shape index (κ2) is 8.13. The average molecular weight is 439 g/mol. The predicted molar refractivity (Wildman–Crippen MR) is 118 cm³/mol. The van der Waals surface area contributed by atoms with E-state index < -0.39 is 15.9 Å². The Bertz CT molecular complexity index is 1280. The van der Waals surface area contributed by atoms with Gasteiger partial charge in [0, 0.05) is 6.07 Å². The van der Waals surface area contributed by atoms with Gasteiger partial charge in [0.05, 0.1) is 22.6 Å². The lowest BCUT2D eigenvalue weighted by atomic mass is 10.1. The Balaban J connectivity index is 1.63. The lowest BCUT2D eigenvalue weighted by molar-refractivity contribution is 0.102. The molecule has 4 aromatic rings. The van der Waals surface area contributed by atoms with Gasteiger partial charge in [-0.05, 0) is 42.6 Å². The quantitative estimate of drug-likeness (QED) is 0.469. The Labute approximate surface area is 178 Å². The maximum Gasteiger partial charge on any atom is 0.271 e. The highest BCUT2D eigenvalue weighted by Gasteiger charge is 2.20. The van der Waals surface area contributed by atoms with Crippen LogP contribution in [-0.2, 0) is 10.0 Å². The van der Waals surface area contributed by atoms with Gasteiger partial charge in [-0.1, -0.05) is 36.4 Å². The number of benzene rings is 2. The number of rotatable bonds is 6. The average Bonchev–Trinajstić information content (AvgIpc) is 3.39. The molecule has 2 heterocycles. The number of anilines is 2. The van der Waals surface area contributed by atoms with E-state index in [1.807, 2.05) is 37.3 Å². The van der Waals surface area contributed by atoms with Crippen LogP contribution in [-0.4, -0.2) is 24.1 Å². The van der Waals surface area contributed by atoms with Gasteiger partial charge in [-0.25, -0.2) is 13.1 Å². The summed E-state index contributed by atoms with van der Waals surface area (Å²) in [5.74, 6) is 0.0381. The fourth-order valence-corrected chi connectivity index (χ4v) is 4.99. The molecular weight excluding hydrogens is 420 g/mol. The molecule has 0 aliphatic rings. The molecule has 30 heavy (non-hydrogen) atoms. The summed E-state index contributed by atoms with van der Waals surface area (Å²) in [5.41, 5.74) is 1.94. The van der Waals surface area contributed by atoms with Gasteiger partial charge in [0.15, 0.2) is 0 Å². The van der Waals surface area contributed by atoms with Crippen LogP contribution in [0.5, 0.6) is 0 Å². The number of carbonyl (C=O) groups is 1. The fourth-order valence-electron chi connectivity index (χ4n) is 2.92. The van der Waals surface area contributed by atoms with Crippen LogP contribution in [0.15, 0.2) is 82.4 Å². The minimum Gasteiger partial charge on any atom is -0.306 e. The number of carbonyl (C=O) groups excluding carboxylic acids is 1. The lowest BCUT2D eigenvalue weighted by Crippen LogP contribution is -2.19. The van der Waals surface area contributed by atoms with Crippen molar-refractivity contribution in [2.75, 3.05) is 10.0 Å². The van der Waals surface area contributed by atoms with Crippen LogP contribution in [0.3, 0.4) is 0 Å². The van der Waals surface area contributed by atoms with Crippen molar-refractivity contribution in [3.8, 4) is 5.69 Å². The van der Waals surface area contributed by atoms with Crippen LogP contribution in [0.25, 0.3) is 5.69 Å². The molecule has 9 heteroatoms. The smallest absolute Gasteiger partial charge is 0.271 e. The third kappa shape index (κ3) is 4.12. The first kappa shape index (κ1) is 19.9. The summed E-state index contributed by atoms with van der Waals surface area (Å²) in [6.45, 7) is 1.83. The van der Waals surface area contributed by atoms with E-state index in [4.69, 9.17) is 0 Å². The fraction of sp³-hybridized carbons (Fsp3) is 0.0476. The monoisotopic (exact) mass is 438 g/mol. The molecule has 0 fully saturated rings. The van der Waals surface area contributed by atoms with E-state index in [9.17, 15) is 13.2 Å². The van der Waals surface area contributed by atoms with Gasteiger partial charge in [0.2, 0.25) is 0 Å². The minimum absolute atomic E-state index is 0.176. The summed E-state index contributed by atoms with van der Waals surface area (Å²) in [4.78, 5) is 13.0. The van der Waals surface area contributed by atoms with Gasteiger partial charge in [-0.15, -0.1) is 11.3 Å². The van der Waals surface area contributed by atoms with E-state index in [-0.39, 0.29) is 15.5 Å². The first-order valence-corrected chi connectivity index (χ1v) is 11.4. The summed E-state index contributed by atoms with van der Waals surface area (Å²) in [6, 6.07) is 20.8. The molecule has 0 radical (unpaired) electrons. The molecule has 2 aromatic carbocycles. The van der Waals surface area contributed by atoms with Crippen LogP contribution >= 0.6 is 11.3 Å². The highest BCUT2D eigenvalue weighted by molar-refractivity contribution is 7.94. The van der Waals surface area contributed by atoms with Crippen molar-refractivity contribution in [3.63, 3.8) is 0 Å². The van der Waals surface area contributed by atoms with Crippen molar-refractivity contribution in [2.24, 2.45) is 0 Å². The van der Waals surface area contributed by atoms with Crippen molar-refractivity contribution in [1.29, 1.82) is 0 Å². The zero-order valence-corrected chi connectivity index (χ0v) is 17.6. The zero-order valence-electron chi connectivity index (χ0n) is 15.9. The Morgan fingerprint density at radius 2 is 1.73 bits per heavy atom. The molecule has 2 aromatic heterocycles. The summed E-state index contributed by atoms with van der Waals surface area (Å²) in [6.07, 6.45) is 0. The minimum atomic E-state index is -3.77. The summed E-state index contributed by atoms with van der Waals surface area (Å²) < 4.78 is 29.5. The van der Waals surface area contributed by atoms with Crippen LogP contribution in [0.1, 0.15) is 16.1 Å². The number of aryl methyl sites for hydroxylation is 1. The number of aromatic nitrogens is 2. The van der Waals surface area contributed by atoms with Gasteiger partial charge in [-0.3, -0.25) is 9.52 Å². The zero-order chi connectivity index (χ0) is 21.1. The summed E-state index contributed by atoms with van der Waals surface area (Å²) in [5, 5.41) is 8.95. The maximum atomic E-state index is 13.0. The molecule has 0 bridgehead atoms. The highest BCUT2D eigenvalue weighted by Crippen LogP contribution is 2.24. The third-order valence-corrected chi connectivity index (χ3v) is 7.01. The topological polar surface area (TPSA) is 93.1 Å². The molecule has 0 spiro atoms. The number of nitrogens with one attached hydrogen (secondary N) is 2. The number of hydrogen-bond acceptors (Lipinski definition) is 5. The molecular formula is C21H18N4O3S2. The van der Waals surface area contributed by atoms with Crippen molar-refractivity contribution < 1.29 is 13.2 Å². The number of para-hydroxylation sites is 2. The number of amides is 1. The number of nitrogens with zero attached hydrogens (tertiary/aromatic N) is 2. The van der Waals surface area contributed by atoms with Crippen molar-refractivity contribution in [3.05, 3.63) is 89.4 Å². The lowest BCUT2D eigenvalue weighted by Gasteiger charge is -2.13. The van der Waals surface area contributed by atoms with Crippen molar-refractivity contribution in [1.82, 2.24) is 9.78 Å². The van der Waals surface area contributed by atoms with Gasteiger partial charge < -0.3 is 5.32 Å². The van der Waals surface area contributed by atoms with Crippen LogP contribution < -0.4 is 10.0 Å². The van der Waals surface area contributed by atoms with E-state index in [1.54, 1.807) is 46.5 Å². The molecule has 1 amide bonds. The van der Waals surface area contributed by atoms with Crippen molar-refractivity contribution in [2.45, 2.75) is 11.1 Å². The second-order valence-corrected chi connectivity index (χ2v) is 9.31. The van der Waals surface area contributed by atoms with Gasteiger partial charge >= 0.3 is 0 Å². The third-order valence-electron chi connectivity index (χ3n) is 4.25. The Kier molecular flexibility index (Phi) is 5.39. The molecule has 0 saturated heterocycles. The SMILES string of the molecule is Cc1cc(NC(=O)c2ccccc2NS(=O)(=O)c2cccs2)n(-c2ccccc2)n1. The molecule has 152 valence electrons. The van der Waals surface area contributed by atoms with E-state index >= 15 is 0 Å². The molecule has 2 N–H and O–H groups in total. The molecule has 0 unspecified atom stereocenters. The van der Waals surface area contributed by atoms with Crippen molar-refractivity contribution >= 4 is 38.8 Å². The van der Waals surface area contributed by atoms with E-state index in [0.717, 1.165) is 22.7 Å². The standard InChI is InChI=1S/C21H18N4O3S2/c1-15-14-19(25(23-15)16-8-3-2-4-9-16)22-21(26)17-10-5-6-11-18(17)24-30(27,28)20-12-7-13-29-20/h2-14,24H,1H3,(H,22,26). The molecule has 4 rings (SSSR count). The van der Waals surface area contributed by atoms with E-state index in [1.165, 1.54) is 6.07 Å². The maximum absolute atomic E-state index is 13.0. The second-order valence-electron chi connectivity index (χ2n) is 6.46. The predicted octanol–water partition coefficient (Wildman–Crippen LogP) is 4.30. The number of hydrogen-bond donors (Lipinski definition) is 2. The normalized spacial score (nSPS) is 11.2. The molecule has 0 saturated carbocycles. The van der Waals surface area contributed by atoms with Gasteiger partial charge in [0.1, 0.15) is 10.0 Å². The molecule has 0 aliphatic carbocycles. The van der Waals surface area contributed by atoms with E-state index in [2.05, 4.69) is 15.1 Å². The summed E-state index contributed by atoms with van der Waals surface area (Å²) >= 11 is 1.11.